The summed E-state index contributed by atoms with van der Waals surface area (Å²) in [6.45, 7) is 3.60. The van der Waals surface area contributed by atoms with E-state index in [2.05, 4.69) is 0 Å². The van der Waals surface area contributed by atoms with Crippen molar-refractivity contribution in [3.05, 3.63) is 0 Å². The summed E-state index contributed by atoms with van der Waals surface area (Å²) in [5, 5.41) is 8.87. The van der Waals surface area contributed by atoms with Gasteiger partial charge in [0, 0.05) is 0 Å². The van der Waals surface area contributed by atoms with E-state index in [-0.39, 0.29) is 0 Å². The van der Waals surface area contributed by atoms with Crippen LogP contribution >= 0.6 is 0 Å². The minimum atomic E-state index is -0.976. The van der Waals surface area contributed by atoms with Crippen molar-refractivity contribution in [2.75, 3.05) is 0 Å². The summed E-state index contributed by atoms with van der Waals surface area (Å²) in [4.78, 5) is 10.8. The maximum Gasteiger partial charge on any atom is 0.312 e. The monoisotopic (exact) mass is 174 g/mol. The van der Waals surface area contributed by atoms with E-state index in [9.17, 15) is 4.79 Å². The third kappa shape index (κ3) is 2.46. The standard InChI is InChI=1S/C8H18N2O2/c1-3-4-5-8(2,6(9)10)7(11)12/h6H,3-5,9-10H2,1-2H3,(H,11,12). The zero-order chi connectivity index (χ0) is 9.78. The van der Waals surface area contributed by atoms with E-state index in [4.69, 9.17) is 16.6 Å². The molecule has 5 N–H and O–H groups in total. The van der Waals surface area contributed by atoms with E-state index in [1.807, 2.05) is 6.92 Å². The molecule has 0 aliphatic rings. The molecule has 4 heteroatoms. The molecule has 72 valence electrons. The van der Waals surface area contributed by atoms with Gasteiger partial charge < -0.3 is 16.6 Å². The summed E-state index contributed by atoms with van der Waals surface area (Å²) in [5.74, 6) is -0.911. The van der Waals surface area contributed by atoms with Crippen molar-refractivity contribution in [3.8, 4) is 0 Å². The highest BCUT2D eigenvalue weighted by molar-refractivity contribution is 5.74. The molecule has 0 aliphatic heterocycles. The highest BCUT2D eigenvalue weighted by Crippen LogP contribution is 2.25. The molecule has 12 heavy (non-hydrogen) atoms. The third-order valence-corrected chi connectivity index (χ3v) is 2.27. The van der Waals surface area contributed by atoms with Crippen LogP contribution in [0.15, 0.2) is 0 Å². The van der Waals surface area contributed by atoms with Crippen LogP contribution in [0.2, 0.25) is 0 Å². The highest BCUT2D eigenvalue weighted by Gasteiger charge is 2.36. The smallest absolute Gasteiger partial charge is 0.312 e. The van der Waals surface area contributed by atoms with Gasteiger partial charge in [-0.2, -0.15) is 0 Å². The van der Waals surface area contributed by atoms with E-state index in [0.29, 0.717) is 6.42 Å². The van der Waals surface area contributed by atoms with Crippen molar-refractivity contribution in [2.24, 2.45) is 16.9 Å². The molecule has 0 saturated heterocycles. The molecule has 0 aromatic carbocycles. The Labute approximate surface area is 72.9 Å². The number of hydrogen-bond donors (Lipinski definition) is 3. The van der Waals surface area contributed by atoms with Crippen molar-refractivity contribution in [3.63, 3.8) is 0 Å². The molecule has 1 unspecified atom stereocenters. The van der Waals surface area contributed by atoms with Crippen LogP contribution in [-0.2, 0) is 4.79 Å². The third-order valence-electron chi connectivity index (χ3n) is 2.27. The van der Waals surface area contributed by atoms with Crippen LogP contribution in [0.25, 0.3) is 0 Å². The Balaban J connectivity index is 4.29. The first kappa shape index (κ1) is 11.4. The molecule has 1 atom stereocenters. The Morgan fingerprint density at radius 2 is 2.08 bits per heavy atom. The van der Waals surface area contributed by atoms with Gasteiger partial charge in [-0.1, -0.05) is 19.8 Å². The van der Waals surface area contributed by atoms with Gasteiger partial charge in [0.15, 0.2) is 0 Å². The fraction of sp³-hybridized carbons (Fsp3) is 0.875. The first-order valence-electron chi connectivity index (χ1n) is 4.19. The lowest BCUT2D eigenvalue weighted by atomic mass is 9.82. The molecule has 4 nitrogen and oxygen atoms in total. The Morgan fingerprint density at radius 1 is 1.58 bits per heavy atom. The molecular weight excluding hydrogens is 156 g/mol. The predicted octanol–water partition coefficient (Wildman–Crippen LogP) is 0.511. The zero-order valence-electron chi connectivity index (χ0n) is 7.71. The van der Waals surface area contributed by atoms with Crippen molar-refractivity contribution in [1.29, 1.82) is 0 Å². The maximum atomic E-state index is 10.8. The molecule has 0 heterocycles. The minimum absolute atomic E-state index is 0.538. The van der Waals surface area contributed by atoms with Gasteiger partial charge in [-0.25, -0.2) is 0 Å². The lowest BCUT2D eigenvalue weighted by Crippen LogP contribution is -2.51. The van der Waals surface area contributed by atoms with E-state index >= 15 is 0 Å². The summed E-state index contributed by atoms with van der Waals surface area (Å²) < 4.78 is 0. The molecule has 0 rings (SSSR count). The van der Waals surface area contributed by atoms with E-state index < -0.39 is 17.6 Å². The molecular formula is C8H18N2O2. The van der Waals surface area contributed by atoms with E-state index in [0.717, 1.165) is 12.8 Å². The van der Waals surface area contributed by atoms with Crippen LogP contribution in [0, 0.1) is 5.41 Å². The van der Waals surface area contributed by atoms with Gasteiger partial charge in [0.25, 0.3) is 0 Å². The lowest BCUT2D eigenvalue weighted by molar-refractivity contribution is -0.149. The number of unbranched alkanes of at least 4 members (excludes halogenated alkanes) is 1. The van der Waals surface area contributed by atoms with Crippen LogP contribution in [0.1, 0.15) is 33.1 Å². The van der Waals surface area contributed by atoms with Gasteiger partial charge in [-0.15, -0.1) is 0 Å². The van der Waals surface area contributed by atoms with Gasteiger partial charge in [0.2, 0.25) is 0 Å². The molecule has 0 fully saturated rings. The van der Waals surface area contributed by atoms with E-state index in [1.54, 1.807) is 6.92 Å². The number of rotatable bonds is 5. The zero-order valence-corrected chi connectivity index (χ0v) is 7.71. The Hall–Kier alpha value is -0.610. The SMILES string of the molecule is CCCCC(C)(C(=O)O)C(N)N. The molecule has 0 saturated carbocycles. The average molecular weight is 174 g/mol. The Bertz CT molecular complexity index is 159. The molecule has 0 amide bonds. The number of carboxylic acid groups (broad SMARTS) is 1. The molecule has 0 bridgehead atoms. The molecule has 0 radical (unpaired) electrons. The quantitative estimate of drug-likeness (QED) is 0.530. The molecule has 0 spiro atoms. The van der Waals surface area contributed by atoms with Crippen molar-refractivity contribution in [1.82, 2.24) is 0 Å². The molecule has 0 aromatic rings. The van der Waals surface area contributed by atoms with Crippen LogP contribution < -0.4 is 11.5 Å². The molecule has 0 aliphatic carbocycles. The number of carbonyl (C=O) groups is 1. The summed E-state index contributed by atoms with van der Waals surface area (Å²) in [5.41, 5.74) is 9.84. The van der Waals surface area contributed by atoms with Gasteiger partial charge >= 0.3 is 5.97 Å². The van der Waals surface area contributed by atoms with Crippen molar-refractivity contribution >= 4 is 5.97 Å². The first-order chi connectivity index (χ1) is 5.45. The number of carboxylic acids is 1. The minimum Gasteiger partial charge on any atom is -0.481 e. The van der Waals surface area contributed by atoms with Crippen LogP contribution in [0.3, 0.4) is 0 Å². The van der Waals surface area contributed by atoms with Gasteiger partial charge in [0.1, 0.15) is 0 Å². The van der Waals surface area contributed by atoms with Crippen molar-refractivity contribution in [2.45, 2.75) is 39.3 Å². The highest BCUT2D eigenvalue weighted by atomic mass is 16.4. The number of aliphatic carboxylic acids is 1. The van der Waals surface area contributed by atoms with Gasteiger partial charge in [-0.05, 0) is 13.3 Å². The average Bonchev–Trinajstić information content (AvgIpc) is 1.99. The Kier molecular flexibility index (Phi) is 4.20. The molecule has 0 aromatic heterocycles. The second-order valence-corrected chi connectivity index (χ2v) is 3.35. The van der Waals surface area contributed by atoms with Crippen LogP contribution in [-0.4, -0.2) is 17.2 Å². The van der Waals surface area contributed by atoms with Crippen LogP contribution in [0.4, 0.5) is 0 Å². The largest absolute Gasteiger partial charge is 0.481 e. The van der Waals surface area contributed by atoms with Gasteiger partial charge in [-0.3, -0.25) is 4.79 Å². The summed E-state index contributed by atoms with van der Waals surface area (Å²) in [6.07, 6.45) is 1.54. The van der Waals surface area contributed by atoms with Crippen molar-refractivity contribution < 1.29 is 9.90 Å². The number of nitrogens with two attached hydrogens (primary N) is 2. The van der Waals surface area contributed by atoms with Gasteiger partial charge in [0.05, 0.1) is 11.6 Å². The maximum absolute atomic E-state index is 10.8. The fourth-order valence-electron chi connectivity index (χ4n) is 0.960. The topological polar surface area (TPSA) is 89.3 Å². The number of hydrogen-bond acceptors (Lipinski definition) is 3. The lowest BCUT2D eigenvalue weighted by Gasteiger charge is -2.28. The Morgan fingerprint density at radius 3 is 2.33 bits per heavy atom. The van der Waals surface area contributed by atoms with Crippen LogP contribution in [0.5, 0.6) is 0 Å². The normalized spacial score (nSPS) is 16.1. The second-order valence-electron chi connectivity index (χ2n) is 3.35. The fourth-order valence-corrected chi connectivity index (χ4v) is 0.960. The van der Waals surface area contributed by atoms with E-state index in [1.165, 1.54) is 0 Å². The second kappa shape index (κ2) is 4.42. The first-order valence-corrected chi connectivity index (χ1v) is 4.19. The summed E-state index contributed by atoms with van der Waals surface area (Å²) in [7, 11) is 0. The summed E-state index contributed by atoms with van der Waals surface area (Å²) >= 11 is 0. The predicted molar refractivity (Wildman–Crippen MR) is 47.4 cm³/mol. The summed E-state index contributed by atoms with van der Waals surface area (Å²) in [6, 6.07) is 0.